The lowest BCUT2D eigenvalue weighted by Gasteiger charge is -2.03. The van der Waals surface area contributed by atoms with Crippen molar-refractivity contribution in [3.8, 4) is 5.75 Å². The standard InChI is InChI=1S/C16H13NO3/c1-20-13-8-9-14(15(11-13)17-19)16(18)10-7-12-5-3-2-4-6-12/h2-11H,1H3/b10-7+. The van der Waals surface area contributed by atoms with Crippen LogP contribution in [0.5, 0.6) is 5.75 Å². The Morgan fingerprint density at radius 2 is 1.90 bits per heavy atom. The van der Waals surface area contributed by atoms with Gasteiger partial charge in [-0.15, -0.1) is 4.91 Å². The number of carbonyl (C=O) groups is 1. The van der Waals surface area contributed by atoms with Crippen molar-refractivity contribution in [2.24, 2.45) is 5.18 Å². The van der Waals surface area contributed by atoms with E-state index in [1.54, 1.807) is 12.1 Å². The van der Waals surface area contributed by atoms with Gasteiger partial charge in [-0.2, -0.15) is 0 Å². The van der Waals surface area contributed by atoms with E-state index in [0.717, 1.165) is 5.56 Å². The maximum atomic E-state index is 12.1. The second-order valence-electron chi connectivity index (χ2n) is 4.08. The third-order valence-corrected chi connectivity index (χ3v) is 2.80. The summed E-state index contributed by atoms with van der Waals surface area (Å²) in [6.07, 6.45) is 3.12. The third kappa shape index (κ3) is 3.17. The van der Waals surface area contributed by atoms with Gasteiger partial charge in [0.05, 0.1) is 12.7 Å². The summed E-state index contributed by atoms with van der Waals surface area (Å²) in [6.45, 7) is 0. The van der Waals surface area contributed by atoms with Crippen molar-refractivity contribution < 1.29 is 9.53 Å². The van der Waals surface area contributed by atoms with Gasteiger partial charge >= 0.3 is 0 Å². The topological polar surface area (TPSA) is 55.7 Å². The zero-order valence-electron chi connectivity index (χ0n) is 10.9. The Labute approximate surface area is 116 Å². The average Bonchev–Trinajstić information content (AvgIpc) is 2.52. The molecule has 0 aliphatic heterocycles. The third-order valence-electron chi connectivity index (χ3n) is 2.80. The number of allylic oxidation sites excluding steroid dienone is 1. The molecule has 0 saturated carbocycles. The summed E-state index contributed by atoms with van der Waals surface area (Å²) in [5.41, 5.74) is 1.25. The van der Waals surface area contributed by atoms with Gasteiger partial charge in [-0.25, -0.2) is 0 Å². The highest BCUT2D eigenvalue weighted by atomic mass is 16.5. The summed E-state index contributed by atoms with van der Waals surface area (Å²) in [7, 11) is 1.49. The molecular formula is C16H13NO3. The van der Waals surface area contributed by atoms with E-state index in [4.69, 9.17) is 4.74 Å². The molecule has 100 valence electrons. The van der Waals surface area contributed by atoms with Crippen LogP contribution in [0.3, 0.4) is 0 Å². The van der Waals surface area contributed by atoms with Crippen molar-refractivity contribution in [3.63, 3.8) is 0 Å². The quantitative estimate of drug-likeness (QED) is 0.467. The maximum Gasteiger partial charge on any atom is 0.188 e. The largest absolute Gasteiger partial charge is 0.497 e. The Morgan fingerprint density at radius 3 is 2.55 bits per heavy atom. The number of rotatable bonds is 5. The lowest BCUT2D eigenvalue weighted by atomic mass is 10.1. The van der Waals surface area contributed by atoms with Gasteiger partial charge in [0.15, 0.2) is 5.78 Å². The monoisotopic (exact) mass is 267 g/mol. The van der Waals surface area contributed by atoms with Gasteiger partial charge in [-0.3, -0.25) is 4.79 Å². The number of methoxy groups -OCH3 is 1. The van der Waals surface area contributed by atoms with Crippen molar-refractivity contribution in [1.29, 1.82) is 0 Å². The first-order chi connectivity index (χ1) is 9.74. The summed E-state index contributed by atoms with van der Waals surface area (Å²) in [6, 6.07) is 14.0. The maximum absolute atomic E-state index is 12.1. The van der Waals surface area contributed by atoms with Crippen molar-refractivity contribution in [2.45, 2.75) is 0 Å². The van der Waals surface area contributed by atoms with Crippen LogP contribution < -0.4 is 4.74 Å². The lowest BCUT2D eigenvalue weighted by Crippen LogP contribution is -1.95. The Kier molecular flexibility index (Phi) is 4.39. The summed E-state index contributed by atoms with van der Waals surface area (Å²) in [5, 5.41) is 2.87. The first kappa shape index (κ1) is 13.7. The second kappa shape index (κ2) is 6.43. The molecule has 2 aromatic rings. The van der Waals surface area contributed by atoms with Crippen LogP contribution in [0, 0.1) is 4.91 Å². The molecule has 0 heterocycles. The summed E-state index contributed by atoms with van der Waals surface area (Å²) < 4.78 is 4.99. The molecular weight excluding hydrogens is 254 g/mol. The molecule has 0 N–H and O–H groups in total. The normalized spacial score (nSPS) is 10.4. The molecule has 0 spiro atoms. The molecule has 4 heteroatoms. The fourth-order valence-corrected chi connectivity index (χ4v) is 1.75. The SMILES string of the molecule is COc1ccc(C(=O)/C=C/c2ccccc2)c(N=O)c1. The van der Waals surface area contributed by atoms with Gasteiger partial charge in [-0.05, 0) is 28.9 Å². The smallest absolute Gasteiger partial charge is 0.188 e. The van der Waals surface area contributed by atoms with Crippen molar-refractivity contribution >= 4 is 17.5 Å². The van der Waals surface area contributed by atoms with Crippen LogP contribution in [0.2, 0.25) is 0 Å². The first-order valence-electron chi connectivity index (χ1n) is 6.03. The molecule has 0 amide bonds. The van der Waals surface area contributed by atoms with Gasteiger partial charge in [0, 0.05) is 6.07 Å². The van der Waals surface area contributed by atoms with Gasteiger partial charge < -0.3 is 4.74 Å². The Hall–Kier alpha value is -2.75. The molecule has 0 aromatic heterocycles. The lowest BCUT2D eigenvalue weighted by molar-refractivity contribution is 0.104. The van der Waals surface area contributed by atoms with Crippen molar-refractivity contribution in [3.05, 3.63) is 70.6 Å². The van der Waals surface area contributed by atoms with E-state index in [1.165, 1.54) is 25.3 Å². The van der Waals surface area contributed by atoms with Crippen LogP contribution in [0.15, 0.2) is 59.8 Å². The van der Waals surface area contributed by atoms with Gasteiger partial charge in [-0.1, -0.05) is 36.4 Å². The first-order valence-corrected chi connectivity index (χ1v) is 6.03. The van der Waals surface area contributed by atoms with E-state index >= 15 is 0 Å². The molecule has 0 atom stereocenters. The molecule has 2 aromatic carbocycles. The molecule has 0 saturated heterocycles. The minimum absolute atomic E-state index is 0.0760. The van der Waals surface area contributed by atoms with Crippen LogP contribution in [0.4, 0.5) is 5.69 Å². The molecule has 0 aliphatic rings. The molecule has 0 radical (unpaired) electrons. The number of ketones is 1. The predicted molar refractivity (Wildman–Crippen MR) is 78.3 cm³/mol. The van der Waals surface area contributed by atoms with Gasteiger partial charge in [0.25, 0.3) is 0 Å². The van der Waals surface area contributed by atoms with Crippen LogP contribution in [0.1, 0.15) is 15.9 Å². The number of nitroso groups, excluding NO2 is 1. The summed E-state index contributed by atoms with van der Waals surface area (Å²) >= 11 is 0. The number of hydrogen-bond acceptors (Lipinski definition) is 4. The number of ether oxygens (including phenoxy) is 1. The predicted octanol–water partition coefficient (Wildman–Crippen LogP) is 3.99. The molecule has 20 heavy (non-hydrogen) atoms. The molecule has 2 rings (SSSR count). The van der Waals surface area contributed by atoms with Crippen LogP contribution >= 0.6 is 0 Å². The number of hydrogen-bond donors (Lipinski definition) is 0. The molecule has 0 aliphatic carbocycles. The average molecular weight is 267 g/mol. The van der Waals surface area contributed by atoms with E-state index in [9.17, 15) is 9.70 Å². The van der Waals surface area contributed by atoms with Gasteiger partial charge in [0.2, 0.25) is 0 Å². The van der Waals surface area contributed by atoms with E-state index in [-0.39, 0.29) is 17.0 Å². The van der Waals surface area contributed by atoms with E-state index in [1.807, 2.05) is 30.3 Å². The highest BCUT2D eigenvalue weighted by molar-refractivity contribution is 6.10. The van der Waals surface area contributed by atoms with E-state index < -0.39 is 0 Å². The fraction of sp³-hybridized carbons (Fsp3) is 0.0625. The van der Waals surface area contributed by atoms with E-state index in [2.05, 4.69) is 5.18 Å². The molecule has 0 bridgehead atoms. The zero-order valence-corrected chi connectivity index (χ0v) is 10.9. The van der Waals surface area contributed by atoms with Crippen molar-refractivity contribution in [1.82, 2.24) is 0 Å². The van der Waals surface area contributed by atoms with Crippen LogP contribution in [-0.2, 0) is 0 Å². The van der Waals surface area contributed by atoms with Crippen LogP contribution in [0.25, 0.3) is 6.08 Å². The fourth-order valence-electron chi connectivity index (χ4n) is 1.75. The second-order valence-corrected chi connectivity index (χ2v) is 4.08. The zero-order chi connectivity index (χ0) is 14.4. The Morgan fingerprint density at radius 1 is 1.15 bits per heavy atom. The summed E-state index contributed by atoms with van der Waals surface area (Å²) in [5.74, 6) is 0.217. The number of benzene rings is 2. The highest BCUT2D eigenvalue weighted by Crippen LogP contribution is 2.25. The molecule has 4 nitrogen and oxygen atoms in total. The molecule has 0 unspecified atom stereocenters. The minimum atomic E-state index is -0.272. The van der Waals surface area contributed by atoms with Gasteiger partial charge in [0.1, 0.15) is 11.4 Å². The van der Waals surface area contributed by atoms with Crippen molar-refractivity contribution in [2.75, 3.05) is 7.11 Å². The molecule has 0 fully saturated rings. The Balaban J connectivity index is 2.25. The number of carbonyl (C=O) groups excluding carboxylic acids is 1. The van der Waals surface area contributed by atoms with Crippen LogP contribution in [-0.4, -0.2) is 12.9 Å². The Bertz CT molecular complexity index is 648. The highest BCUT2D eigenvalue weighted by Gasteiger charge is 2.10. The summed E-state index contributed by atoms with van der Waals surface area (Å²) in [4.78, 5) is 22.9. The minimum Gasteiger partial charge on any atom is -0.497 e. The number of nitrogens with zero attached hydrogens (tertiary/aromatic N) is 1. The van der Waals surface area contributed by atoms with E-state index in [0.29, 0.717) is 5.75 Å².